The van der Waals surface area contributed by atoms with Crippen LogP contribution < -0.4 is 5.32 Å². The fraction of sp³-hybridized carbons (Fsp3) is 0.533. The van der Waals surface area contributed by atoms with E-state index in [1.54, 1.807) is 13.0 Å². The Morgan fingerprint density at radius 2 is 2.05 bits per heavy atom. The molecule has 0 saturated carbocycles. The summed E-state index contributed by atoms with van der Waals surface area (Å²) in [6.45, 7) is 4.91. The van der Waals surface area contributed by atoms with Crippen LogP contribution in [0.3, 0.4) is 0 Å². The molecule has 22 heavy (non-hydrogen) atoms. The van der Waals surface area contributed by atoms with Gasteiger partial charge in [0.1, 0.15) is 6.04 Å². The lowest BCUT2D eigenvalue weighted by molar-refractivity contribution is -0.147. The first-order valence-electron chi connectivity index (χ1n) is 6.99. The van der Waals surface area contributed by atoms with Crippen LogP contribution in [0.15, 0.2) is 16.7 Å². The molecule has 0 fully saturated rings. The highest BCUT2D eigenvalue weighted by molar-refractivity contribution is 5.91. The first-order chi connectivity index (χ1) is 10.4. The molecule has 1 aromatic heterocycles. The molecule has 2 atom stereocenters. The Kier molecular flexibility index (Phi) is 6.62. The van der Waals surface area contributed by atoms with Gasteiger partial charge in [0.05, 0.1) is 13.4 Å². The molecule has 0 aliphatic heterocycles. The Morgan fingerprint density at radius 1 is 1.36 bits per heavy atom. The molecule has 0 aromatic carbocycles. The van der Waals surface area contributed by atoms with E-state index in [1.807, 2.05) is 13.8 Å². The van der Waals surface area contributed by atoms with E-state index in [1.165, 1.54) is 13.4 Å². The highest BCUT2D eigenvalue weighted by atomic mass is 16.5. The van der Waals surface area contributed by atoms with Crippen molar-refractivity contribution in [2.75, 3.05) is 13.7 Å². The third-order valence-electron chi connectivity index (χ3n) is 3.37. The van der Waals surface area contributed by atoms with Gasteiger partial charge in [0.2, 0.25) is 5.76 Å². The minimum Gasteiger partial charge on any atom is -0.467 e. The van der Waals surface area contributed by atoms with Gasteiger partial charge in [-0.15, -0.1) is 0 Å². The van der Waals surface area contributed by atoms with Gasteiger partial charge in [-0.2, -0.15) is 0 Å². The summed E-state index contributed by atoms with van der Waals surface area (Å²) < 4.78 is 14.5. The van der Waals surface area contributed by atoms with Crippen molar-refractivity contribution in [3.05, 3.63) is 23.7 Å². The molecule has 1 N–H and O–H groups in total. The third kappa shape index (κ3) is 4.61. The summed E-state index contributed by atoms with van der Waals surface area (Å²) in [5.41, 5.74) is 0.623. The average molecular weight is 311 g/mol. The molecule has 122 valence electrons. The molecule has 2 unspecified atom stereocenters. The van der Waals surface area contributed by atoms with Gasteiger partial charge >= 0.3 is 11.9 Å². The van der Waals surface area contributed by atoms with Crippen molar-refractivity contribution in [2.24, 2.45) is 5.92 Å². The molecule has 0 spiro atoms. The lowest BCUT2D eigenvalue weighted by Gasteiger charge is -2.21. The summed E-state index contributed by atoms with van der Waals surface area (Å²) in [7, 11) is 1.25. The molecule has 0 saturated heterocycles. The highest BCUT2D eigenvalue weighted by Crippen LogP contribution is 2.11. The zero-order valence-corrected chi connectivity index (χ0v) is 13.2. The largest absolute Gasteiger partial charge is 0.467 e. The summed E-state index contributed by atoms with van der Waals surface area (Å²) >= 11 is 0. The highest BCUT2D eigenvalue weighted by Gasteiger charge is 2.27. The van der Waals surface area contributed by atoms with E-state index in [2.05, 4.69) is 10.1 Å². The van der Waals surface area contributed by atoms with Crippen molar-refractivity contribution < 1.29 is 28.3 Å². The minimum absolute atomic E-state index is 0.0549. The van der Waals surface area contributed by atoms with Crippen molar-refractivity contribution in [1.29, 1.82) is 0 Å². The predicted molar refractivity (Wildman–Crippen MR) is 77.1 cm³/mol. The van der Waals surface area contributed by atoms with Crippen molar-refractivity contribution in [3.63, 3.8) is 0 Å². The van der Waals surface area contributed by atoms with Crippen molar-refractivity contribution in [3.8, 4) is 0 Å². The van der Waals surface area contributed by atoms with Gasteiger partial charge in [-0.05, 0) is 18.9 Å². The van der Waals surface area contributed by atoms with E-state index < -0.39 is 30.5 Å². The fourth-order valence-corrected chi connectivity index (χ4v) is 1.79. The van der Waals surface area contributed by atoms with Crippen LogP contribution in [0.5, 0.6) is 0 Å². The fourth-order valence-electron chi connectivity index (χ4n) is 1.79. The molecule has 1 rings (SSSR count). The second kappa shape index (κ2) is 8.21. The molecular formula is C15H21NO6. The smallest absolute Gasteiger partial charge is 0.375 e. The average Bonchev–Trinajstić information content (AvgIpc) is 2.94. The van der Waals surface area contributed by atoms with Gasteiger partial charge in [-0.25, -0.2) is 9.59 Å². The monoisotopic (exact) mass is 311 g/mol. The van der Waals surface area contributed by atoms with Crippen LogP contribution >= 0.6 is 0 Å². The topological polar surface area (TPSA) is 94.8 Å². The first kappa shape index (κ1) is 17.7. The molecule has 7 heteroatoms. The van der Waals surface area contributed by atoms with Gasteiger partial charge in [-0.3, -0.25) is 4.79 Å². The summed E-state index contributed by atoms with van der Waals surface area (Å²) in [6, 6.07) is 0.846. The summed E-state index contributed by atoms with van der Waals surface area (Å²) in [5, 5.41) is 2.51. The molecule has 0 radical (unpaired) electrons. The number of nitrogens with one attached hydrogen (secondary N) is 1. The standard InChI is InChI=1S/C15H21NO6/c1-5-9(2)12(14(18)20-4)16-11(17)8-22-15(19)13-10(3)6-7-21-13/h6-7,9,12H,5,8H2,1-4H3,(H,16,17). The number of rotatable bonds is 7. The van der Waals surface area contributed by atoms with Gasteiger partial charge in [-0.1, -0.05) is 20.3 Å². The van der Waals surface area contributed by atoms with Crippen LogP contribution in [0.25, 0.3) is 0 Å². The predicted octanol–water partition coefficient (Wildman–Crippen LogP) is 1.45. The molecule has 1 heterocycles. The van der Waals surface area contributed by atoms with E-state index in [0.29, 0.717) is 12.0 Å². The molecule has 7 nitrogen and oxygen atoms in total. The van der Waals surface area contributed by atoms with E-state index in [9.17, 15) is 14.4 Å². The number of amides is 1. The first-order valence-corrected chi connectivity index (χ1v) is 6.99. The maximum Gasteiger partial charge on any atom is 0.375 e. The van der Waals surface area contributed by atoms with Gasteiger partial charge in [0, 0.05) is 5.56 Å². The van der Waals surface area contributed by atoms with Crippen LogP contribution in [0.4, 0.5) is 0 Å². The van der Waals surface area contributed by atoms with Crippen molar-refractivity contribution in [2.45, 2.75) is 33.2 Å². The Balaban J connectivity index is 2.55. The minimum atomic E-state index is -0.772. The van der Waals surface area contributed by atoms with E-state index in [-0.39, 0.29) is 11.7 Å². The second-order valence-corrected chi connectivity index (χ2v) is 4.96. The van der Waals surface area contributed by atoms with E-state index >= 15 is 0 Å². The lowest BCUT2D eigenvalue weighted by atomic mass is 9.99. The van der Waals surface area contributed by atoms with Crippen LogP contribution in [-0.4, -0.2) is 37.6 Å². The number of ether oxygens (including phenoxy) is 2. The summed E-state index contributed by atoms with van der Waals surface area (Å²) in [6.07, 6.45) is 2.05. The maximum absolute atomic E-state index is 11.8. The number of hydrogen-bond donors (Lipinski definition) is 1. The lowest BCUT2D eigenvalue weighted by Crippen LogP contribution is -2.47. The molecule has 0 aliphatic rings. The number of esters is 2. The Morgan fingerprint density at radius 3 is 2.55 bits per heavy atom. The Labute approximate surface area is 129 Å². The Hall–Kier alpha value is -2.31. The molecule has 0 aliphatic carbocycles. The number of methoxy groups -OCH3 is 1. The number of furan rings is 1. The van der Waals surface area contributed by atoms with Gasteiger partial charge in [0.25, 0.3) is 5.91 Å². The van der Waals surface area contributed by atoms with Crippen molar-refractivity contribution in [1.82, 2.24) is 5.32 Å². The summed E-state index contributed by atoms with van der Waals surface area (Å²) in [5.74, 6) is -1.88. The van der Waals surface area contributed by atoms with Crippen LogP contribution in [-0.2, 0) is 19.1 Å². The van der Waals surface area contributed by atoms with Crippen LogP contribution in [0.2, 0.25) is 0 Å². The van der Waals surface area contributed by atoms with Crippen molar-refractivity contribution >= 4 is 17.8 Å². The molecule has 1 aromatic rings. The van der Waals surface area contributed by atoms with Crippen LogP contribution in [0, 0.1) is 12.8 Å². The van der Waals surface area contributed by atoms with Gasteiger partial charge in [0.15, 0.2) is 6.61 Å². The Bertz CT molecular complexity index is 536. The number of carbonyl (C=O) groups excluding carboxylic acids is 3. The zero-order chi connectivity index (χ0) is 16.7. The van der Waals surface area contributed by atoms with Gasteiger partial charge < -0.3 is 19.2 Å². The summed E-state index contributed by atoms with van der Waals surface area (Å²) in [4.78, 5) is 35.2. The molecular weight excluding hydrogens is 290 g/mol. The molecule has 1 amide bonds. The van der Waals surface area contributed by atoms with E-state index in [0.717, 1.165) is 0 Å². The maximum atomic E-state index is 11.8. The number of hydrogen-bond acceptors (Lipinski definition) is 6. The number of aryl methyl sites for hydroxylation is 1. The van der Waals surface area contributed by atoms with E-state index in [4.69, 9.17) is 9.15 Å². The quantitative estimate of drug-likeness (QED) is 0.766. The SMILES string of the molecule is CCC(C)C(NC(=O)COC(=O)c1occc1C)C(=O)OC. The normalized spacial score (nSPS) is 13.1. The third-order valence-corrected chi connectivity index (χ3v) is 3.37. The zero-order valence-electron chi connectivity index (χ0n) is 13.2. The number of carbonyl (C=O) groups is 3. The molecule has 0 bridgehead atoms. The van der Waals surface area contributed by atoms with Crippen LogP contribution in [0.1, 0.15) is 36.4 Å². The second-order valence-electron chi connectivity index (χ2n) is 4.96.